The molecule has 1 amide bonds. The second kappa shape index (κ2) is 9.18. The van der Waals surface area contributed by atoms with E-state index in [2.05, 4.69) is 0 Å². The van der Waals surface area contributed by atoms with Gasteiger partial charge in [0.2, 0.25) is 11.6 Å². The first-order chi connectivity index (χ1) is 11.9. The third kappa shape index (κ3) is 4.51. The highest BCUT2D eigenvalue weighted by molar-refractivity contribution is 6.68. The van der Waals surface area contributed by atoms with Crippen molar-refractivity contribution in [1.82, 2.24) is 5.43 Å². The molecule has 0 radical (unpaired) electrons. The number of amides is 1. The first kappa shape index (κ1) is 21.4. The highest BCUT2D eigenvalue weighted by atomic mass is 16.5. The maximum atomic E-state index is 11.4. The average molecular weight is 366 g/mol. The number of nitrogens with two attached hydrogens (primary N) is 1. The van der Waals surface area contributed by atoms with Gasteiger partial charge in [-0.05, 0) is 37.5 Å². The first-order valence-electron chi connectivity index (χ1n) is 7.84. The number of carbonyl (C=O) groups excluding carboxylic acids is 4. The number of hydrogen-bond acceptors (Lipinski definition) is 7. The molecule has 2 fully saturated rings. The molecule has 9 nitrogen and oxygen atoms in total. The van der Waals surface area contributed by atoms with Gasteiger partial charge in [0.25, 0.3) is 11.7 Å². The van der Waals surface area contributed by atoms with Gasteiger partial charge in [0.1, 0.15) is 5.75 Å². The molecule has 0 aliphatic heterocycles. The van der Waals surface area contributed by atoms with Gasteiger partial charge in [0.05, 0.1) is 6.10 Å². The molecule has 3 unspecified atom stereocenters. The molecule has 3 atom stereocenters. The lowest BCUT2D eigenvalue weighted by Crippen LogP contribution is -2.30. The fraction of sp³-hybridized carbons (Fsp3) is 0.412. The van der Waals surface area contributed by atoms with Crippen LogP contribution in [0.3, 0.4) is 0 Å². The van der Waals surface area contributed by atoms with Crippen LogP contribution in [0.5, 0.6) is 5.75 Å². The van der Waals surface area contributed by atoms with Crippen LogP contribution in [-0.2, 0) is 19.1 Å². The molecule has 1 aromatic carbocycles. The van der Waals surface area contributed by atoms with Gasteiger partial charge in [-0.2, -0.15) is 0 Å². The van der Waals surface area contributed by atoms with Crippen molar-refractivity contribution in [2.75, 3.05) is 7.11 Å². The van der Waals surface area contributed by atoms with Crippen molar-refractivity contribution in [3.05, 3.63) is 29.8 Å². The van der Waals surface area contributed by atoms with Gasteiger partial charge in [-0.25, -0.2) is 5.84 Å². The lowest BCUT2D eigenvalue weighted by molar-refractivity contribution is -0.141. The predicted octanol–water partition coefficient (Wildman–Crippen LogP) is -0.690. The van der Waals surface area contributed by atoms with E-state index in [1.807, 2.05) is 5.43 Å². The molecule has 3 rings (SSSR count). The molecule has 6 N–H and O–H groups in total. The maximum Gasteiger partial charge on any atom is 0.265 e. The Morgan fingerprint density at radius 2 is 1.85 bits per heavy atom. The Kier molecular flexibility index (Phi) is 7.56. The molecule has 0 saturated heterocycles. The highest BCUT2D eigenvalue weighted by Gasteiger charge is 2.50. The summed E-state index contributed by atoms with van der Waals surface area (Å²) in [5.74, 6) is 1.99. The van der Waals surface area contributed by atoms with Crippen molar-refractivity contribution in [2.45, 2.75) is 25.4 Å². The predicted molar refractivity (Wildman–Crippen MR) is 90.0 cm³/mol. The van der Waals surface area contributed by atoms with E-state index >= 15 is 0 Å². The second-order valence-electron chi connectivity index (χ2n) is 5.97. The molecule has 26 heavy (non-hydrogen) atoms. The Bertz CT molecular complexity index is 704. The number of ether oxygens (including phenoxy) is 1. The van der Waals surface area contributed by atoms with Crippen LogP contribution < -0.4 is 11.3 Å². The Morgan fingerprint density at radius 1 is 1.19 bits per heavy atom. The third-order valence-electron chi connectivity index (χ3n) is 4.50. The zero-order valence-corrected chi connectivity index (χ0v) is 14.2. The summed E-state index contributed by atoms with van der Waals surface area (Å²) in [6.45, 7) is 0. The average Bonchev–Trinajstić information content (AvgIpc) is 2.85. The number of carbonyl (C=O) groups is 4. The Morgan fingerprint density at radius 3 is 2.42 bits per heavy atom. The summed E-state index contributed by atoms with van der Waals surface area (Å²) in [4.78, 5) is 44.7. The third-order valence-corrected chi connectivity index (χ3v) is 4.50. The summed E-state index contributed by atoms with van der Waals surface area (Å²) < 4.78 is 5.14. The van der Waals surface area contributed by atoms with Crippen molar-refractivity contribution in [1.29, 1.82) is 0 Å². The van der Waals surface area contributed by atoms with E-state index in [4.69, 9.17) is 15.7 Å². The Hall–Kier alpha value is -2.62. The Balaban J connectivity index is 0.000000258. The summed E-state index contributed by atoms with van der Waals surface area (Å²) in [7, 11) is 1.59. The Labute approximate surface area is 149 Å². The van der Waals surface area contributed by atoms with E-state index in [9.17, 15) is 19.2 Å². The number of hydrogen-bond donors (Lipinski definition) is 3. The van der Waals surface area contributed by atoms with Gasteiger partial charge in [0, 0.05) is 24.5 Å². The van der Waals surface area contributed by atoms with Crippen LogP contribution in [0, 0.1) is 11.8 Å². The highest BCUT2D eigenvalue weighted by Crippen LogP contribution is 2.37. The molecule has 2 aliphatic rings. The molecule has 9 heteroatoms. The van der Waals surface area contributed by atoms with Crippen molar-refractivity contribution in [3.8, 4) is 5.75 Å². The van der Waals surface area contributed by atoms with Gasteiger partial charge in [-0.1, -0.05) is 6.07 Å². The van der Waals surface area contributed by atoms with Crippen LogP contribution in [-0.4, -0.2) is 47.1 Å². The van der Waals surface area contributed by atoms with Crippen LogP contribution in [0.2, 0.25) is 0 Å². The minimum Gasteiger partial charge on any atom is -0.508 e. The summed E-state index contributed by atoms with van der Waals surface area (Å²) in [6.07, 6.45) is 1.93. The number of phenolic OH excluding ortho intramolecular Hbond substituents is 1. The van der Waals surface area contributed by atoms with Crippen LogP contribution >= 0.6 is 0 Å². The number of Topliss-reactive ketones (excluding diaryl/α,β-unsaturated/α-hetero) is 3. The topological polar surface area (TPSA) is 167 Å². The van der Waals surface area contributed by atoms with Gasteiger partial charge in [-0.15, -0.1) is 0 Å². The maximum absolute atomic E-state index is 11.4. The number of nitrogen functional groups attached to an aromatic ring is 1. The summed E-state index contributed by atoms with van der Waals surface area (Å²) in [5, 5.41) is 8.94. The van der Waals surface area contributed by atoms with Crippen LogP contribution in [0.25, 0.3) is 0 Å². The minimum atomic E-state index is -0.795. The number of rotatable bonds is 2. The second-order valence-corrected chi connectivity index (χ2v) is 5.97. The molecule has 0 spiro atoms. The van der Waals surface area contributed by atoms with Crippen LogP contribution in [0.4, 0.5) is 0 Å². The van der Waals surface area contributed by atoms with E-state index in [0.29, 0.717) is 18.4 Å². The number of nitrogens with one attached hydrogen (secondary N) is 1. The standard InChI is InChI=1S/C10H12O4.C7H8N2O2.H2O/c1-14-5-2-3-6-7(4-5)9(12)10(13)8(6)11;8-9-7(11)5-2-1-3-6(10)4-5;/h5-7H,2-4H2,1H3;1-4,10H,8H2,(H,9,11);1H2. The fourth-order valence-corrected chi connectivity index (χ4v) is 3.14. The summed E-state index contributed by atoms with van der Waals surface area (Å²) in [6, 6.07) is 5.94. The van der Waals surface area contributed by atoms with Gasteiger partial charge in [0.15, 0.2) is 0 Å². The number of ketones is 3. The summed E-state index contributed by atoms with van der Waals surface area (Å²) in [5.41, 5.74) is 2.30. The largest absolute Gasteiger partial charge is 0.508 e. The number of benzene rings is 1. The van der Waals surface area contributed by atoms with Gasteiger partial charge < -0.3 is 15.3 Å². The lowest BCUT2D eigenvalue weighted by Gasteiger charge is -2.27. The number of phenols is 1. The van der Waals surface area contributed by atoms with E-state index < -0.39 is 29.2 Å². The number of hydrazine groups is 1. The fourth-order valence-electron chi connectivity index (χ4n) is 3.14. The number of aromatic hydroxyl groups is 1. The SMILES string of the molecule is COC1CCC2C(=O)C(=O)C(=O)C2C1.NNC(=O)c1cccc(O)c1.O. The molecule has 0 heterocycles. The van der Waals surface area contributed by atoms with Crippen molar-refractivity contribution < 1.29 is 34.5 Å². The molecular weight excluding hydrogens is 344 g/mol. The molecule has 0 bridgehead atoms. The van der Waals surface area contributed by atoms with Crippen molar-refractivity contribution >= 4 is 23.3 Å². The van der Waals surface area contributed by atoms with Gasteiger partial charge in [-0.3, -0.25) is 24.6 Å². The minimum absolute atomic E-state index is 0. The monoisotopic (exact) mass is 366 g/mol. The zero-order valence-electron chi connectivity index (χ0n) is 14.2. The van der Waals surface area contributed by atoms with E-state index in [1.54, 1.807) is 19.2 Å². The molecule has 1 aromatic rings. The van der Waals surface area contributed by atoms with Crippen molar-refractivity contribution in [2.24, 2.45) is 17.7 Å². The normalized spacial score (nSPS) is 24.1. The smallest absolute Gasteiger partial charge is 0.265 e. The number of methoxy groups -OCH3 is 1. The molecule has 2 saturated carbocycles. The molecule has 142 valence electrons. The summed E-state index contributed by atoms with van der Waals surface area (Å²) >= 11 is 0. The number of fused-ring (bicyclic) bond motifs is 1. The first-order valence-corrected chi connectivity index (χ1v) is 7.84. The van der Waals surface area contributed by atoms with E-state index in [-0.39, 0.29) is 23.2 Å². The lowest BCUT2D eigenvalue weighted by atomic mass is 9.79. The molecule has 0 aromatic heterocycles. The van der Waals surface area contributed by atoms with E-state index in [1.165, 1.54) is 12.1 Å². The van der Waals surface area contributed by atoms with E-state index in [0.717, 1.165) is 6.42 Å². The zero-order chi connectivity index (χ0) is 18.6. The molecular formula is C17H22N2O7. The van der Waals surface area contributed by atoms with Crippen LogP contribution in [0.1, 0.15) is 29.6 Å². The van der Waals surface area contributed by atoms with Crippen molar-refractivity contribution in [3.63, 3.8) is 0 Å². The van der Waals surface area contributed by atoms with Gasteiger partial charge >= 0.3 is 0 Å². The molecule has 2 aliphatic carbocycles. The van der Waals surface area contributed by atoms with Crippen LogP contribution in [0.15, 0.2) is 24.3 Å². The quantitative estimate of drug-likeness (QED) is 0.269.